The number of nitrogens with two attached hydrogens (primary N) is 4. The maximum Gasteiger partial charge on any atom is 0.290 e. The van der Waals surface area contributed by atoms with Crippen molar-refractivity contribution in [3.8, 4) is 82.8 Å². The van der Waals surface area contributed by atoms with Crippen molar-refractivity contribution < 1.29 is 14.7 Å². The molecule has 11 aromatic heterocycles. The van der Waals surface area contributed by atoms with E-state index in [1.54, 1.807) is 117 Å². The van der Waals surface area contributed by atoms with Crippen LogP contribution in [0, 0.1) is 20.8 Å². The van der Waals surface area contributed by atoms with Gasteiger partial charge in [0.1, 0.15) is 38.5 Å². The third kappa shape index (κ3) is 17.8. The summed E-state index contributed by atoms with van der Waals surface area (Å²) in [4.78, 5) is 136. The molecule has 1 atom stereocenters. The van der Waals surface area contributed by atoms with E-state index in [-0.39, 0.29) is 64.3 Å². The number of thiazole rings is 3. The van der Waals surface area contributed by atoms with Crippen molar-refractivity contribution in [2.75, 3.05) is 72.2 Å². The number of aryl methyl sites for hydroxylation is 4. The van der Waals surface area contributed by atoms with E-state index < -0.39 is 23.1 Å². The molecule has 16 N–H and O–H groups in total. The number of aromatic nitrogens is 15. The highest BCUT2D eigenvalue weighted by Crippen LogP contribution is 2.41. The predicted molar refractivity (Wildman–Crippen MR) is 475 cm³/mol. The maximum atomic E-state index is 13.0. The van der Waals surface area contributed by atoms with Gasteiger partial charge in [-0.2, -0.15) is 0 Å². The summed E-state index contributed by atoms with van der Waals surface area (Å²) in [5.41, 5.74) is 33.4. The molecule has 604 valence electrons. The minimum absolute atomic E-state index is 0.0422. The van der Waals surface area contributed by atoms with Crippen LogP contribution in [0.15, 0.2) is 190 Å². The minimum Gasteiger partial charge on any atom is -0.392 e. The van der Waals surface area contributed by atoms with Gasteiger partial charge in [-0.05, 0) is 148 Å². The van der Waals surface area contributed by atoms with Crippen LogP contribution in [0.5, 0.6) is 0 Å². The van der Waals surface area contributed by atoms with Crippen molar-refractivity contribution in [2.24, 2.45) is 0 Å². The number of H-pyrrole nitrogens is 3. The van der Waals surface area contributed by atoms with Gasteiger partial charge < -0.3 is 64.3 Å². The molecule has 0 spiro atoms. The van der Waals surface area contributed by atoms with E-state index in [0.29, 0.717) is 118 Å². The second-order valence-corrected chi connectivity index (χ2v) is 32.4. The van der Waals surface area contributed by atoms with Crippen molar-refractivity contribution >= 4 is 154 Å². The zero-order chi connectivity index (χ0) is 84.2. The number of carbonyl (C=O) groups is 2. The number of nitrogen functional groups attached to an aromatic ring is 4. The lowest BCUT2D eigenvalue weighted by Gasteiger charge is -2.21. The summed E-state index contributed by atoms with van der Waals surface area (Å²) in [5.74, 6) is -0.688. The summed E-state index contributed by atoms with van der Waals surface area (Å²) < 4.78 is 1.34. The van der Waals surface area contributed by atoms with E-state index in [0.717, 1.165) is 83.2 Å². The Hall–Kier alpha value is -13.6. The Morgan fingerprint density at radius 2 is 1.23 bits per heavy atom. The number of β-amino-alcohol motifs (C(OH)–C–C–N with tert-alkyl or cyclic N) is 1. The van der Waals surface area contributed by atoms with Crippen molar-refractivity contribution in [1.29, 1.82) is 0 Å². The summed E-state index contributed by atoms with van der Waals surface area (Å²) in [7, 11) is 1.81. The lowest BCUT2D eigenvalue weighted by molar-refractivity contribution is 0.0918. The molecule has 16 aromatic rings. The van der Waals surface area contributed by atoms with Gasteiger partial charge in [-0.25, -0.2) is 44.9 Å². The Morgan fingerprint density at radius 1 is 0.592 bits per heavy atom. The molecule has 0 bridgehead atoms. The number of nitrogens with one attached hydrogen (secondary N) is 7. The number of aromatic amines is 3. The van der Waals surface area contributed by atoms with Gasteiger partial charge in [-0.3, -0.25) is 48.2 Å². The minimum atomic E-state index is -0.490. The van der Waals surface area contributed by atoms with Gasteiger partial charge in [0.05, 0.1) is 65.8 Å². The smallest absolute Gasteiger partial charge is 0.290 e. The monoisotopic (exact) mass is 1720 g/mol. The van der Waals surface area contributed by atoms with Crippen LogP contribution >= 0.6 is 68.8 Å². The van der Waals surface area contributed by atoms with Crippen molar-refractivity contribution in [3.63, 3.8) is 0 Å². The third-order valence-electron chi connectivity index (χ3n) is 19.2. The zero-order valence-corrected chi connectivity index (χ0v) is 68.8. The highest BCUT2D eigenvalue weighted by molar-refractivity contribution is 7.15. The molecule has 0 radical (unpaired) electrons. The Kier molecular flexibility index (Phi) is 24.0. The Morgan fingerprint density at radius 3 is 1.86 bits per heavy atom. The third-order valence-corrected chi connectivity index (χ3v) is 22.8. The van der Waals surface area contributed by atoms with Gasteiger partial charge in [-0.15, -0.1) is 34.0 Å². The molecule has 2 aliphatic rings. The molecule has 13 heterocycles. The highest BCUT2D eigenvalue weighted by atomic mass is 35.5. The second-order valence-electron chi connectivity index (χ2n) is 27.5. The van der Waals surface area contributed by atoms with E-state index in [4.69, 9.17) is 62.7 Å². The Labute approximate surface area is 708 Å². The van der Waals surface area contributed by atoms with Crippen molar-refractivity contribution in [1.82, 2.24) is 84.6 Å². The molecule has 120 heavy (non-hydrogen) atoms. The first-order valence-corrected chi connectivity index (χ1v) is 40.6. The number of anilines is 7. The van der Waals surface area contributed by atoms with Gasteiger partial charge in [0.15, 0.2) is 40.6 Å². The first-order valence-electron chi connectivity index (χ1n) is 37.1. The van der Waals surface area contributed by atoms with Crippen molar-refractivity contribution in [3.05, 3.63) is 259 Å². The molecule has 2 amide bonds. The summed E-state index contributed by atoms with van der Waals surface area (Å²) >= 11 is 23.8. The maximum absolute atomic E-state index is 13.0. The molecule has 0 saturated carbocycles. The number of nitrogens with zero attached hydrogens (tertiary/aromatic N) is 13. The zero-order valence-electron chi connectivity index (χ0n) is 64.1. The number of fused-ring (bicyclic) bond motifs is 4. The lowest BCUT2D eigenvalue weighted by atomic mass is 9.99. The van der Waals surface area contributed by atoms with Crippen LogP contribution < -0.4 is 66.4 Å². The van der Waals surface area contributed by atoms with E-state index in [1.165, 1.54) is 44.6 Å². The fourth-order valence-electron chi connectivity index (χ4n) is 13.3. The molecule has 5 aromatic carbocycles. The average Bonchev–Trinajstić information content (AvgIpc) is 1.16. The number of carbonyl (C=O) groups excluding carboxylic acids is 2. The topological polar surface area (TPSA) is 472 Å². The number of pyridine rings is 4. The number of rotatable bonds is 14. The molecule has 0 aliphatic carbocycles. The average molecular weight is 1720 g/mol. The van der Waals surface area contributed by atoms with Crippen LogP contribution in [0.4, 0.5) is 40.5 Å². The van der Waals surface area contributed by atoms with Gasteiger partial charge >= 0.3 is 0 Å². The predicted octanol–water partition coefficient (Wildman–Crippen LogP) is 13.2. The SMILES string of the molecule is CNc1ccc(C(=O)Nc2nc(-c3ccc4c(=O)[nH]ccc4c3)c(-c3ncc(C)s3)nc2N)cc1.Cc1cnc(-c2nc(N)c(=O)[nH]c2-c2cc(Cl)c3ncccc3c2)s1.Cc1ncc(-c2nc(N)c(=O)[nH]c2-c2cc(Cl)c3ncccc3c2)s1.Nc1nc(-n2ccccc2=O)c(-c2cc(Cl)c3c(c2)CCCN3)nc1C(=O)NCN1CCC(O)C1. The van der Waals surface area contributed by atoms with Crippen LogP contribution in [0.25, 0.3) is 115 Å². The van der Waals surface area contributed by atoms with Crippen LogP contribution in [0.2, 0.25) is 15.1 Å². The first-order chi connectivity index (χ1) is 57.9. The van der Waals surface area contributed by atoms with Crippen LogP contribution in [-0.2, 0) is 6.42 Å². The van der Waals surface area contributed by atoms with Gasteiger partial charge in [0, 0.05) is 136 Å². The molecule has 37 heteroatoms. The van der Waals surface area contributed by atoms with Crippen LogP contribution in [0.3, 0.4) is 0 Å². The summed E-state index contributed by atoms with van der Waals surface area (Å²) in [5, 5.41) is 28.4. The van der Waals surface area contributed by atoms with Crippen LogP contribution in [-0.4, -0.2) is 136 Å². The summed E-state index contributed by atoms with van der Waals surface area (Å²) in [6, 6.07) is 37.5. The second kappa shape index (κ2) is 35.3. The van der Waals surface area contributed by atoms with Gasteiger partial charge in [-0.1, -0.05) is 59.1 Å². The lowest BCUT2D eigenvalue weighted by Crippen LogP contribution is -2.37. The highest BCUT2D eigenvalue weighted by Gasteiger charge is 2.28. The number of hydrogen-bond donors (Lipinski definition) is 12. The molecular weight excluding hydrogens is 1650 g/mol. The normalized spacial score (nSPS) is 12.9. The van der Waals surface area contributed by atoms with E-state index in [1.807, 2.05) is 80.3 Å². The number of aliphatic hydroxyl groups is 1. The summed E-state index contributed by atoms with van der Waals surface area (Å²) in [6.07, 6.45) is 13.8. The Bertz CT molecular complexity index is 6750. The molecule has 1 unspecified atom stereocenters. The molecule has 2 aliphatic heterocycles. The number of halogens is 3. The van der Waals surface area contributed by atoms with E-state index >= 15 is 0 Å². The Balaban J connectivity index is 0.000000126. The van der Waals surface area contributed by atoms with Crippen LogP contribution in [0.1, 0.15) is 54.0 Å². The molecule has 1 fully saturated rings. The molecule has 31 nitrogen and oxygen atoms in total. The fraction of sp³-hybridized carbons (Fsp3) is 0.145. The number of benzene rings is 5. The number of aliphatic hydroxyl groups excluding tert-OH is 1. The number of hydrogen-bond acceptors (Lipinski definition) is 28. The largest absolute Gasteiger partial charge is 0.392 e. The van der Waals surface area contributed by atoms with E-state index in [9.17, 15) is 33.9 Å². The fourth-order valence-corrected chi connectivity index (χ4v) is 16.5. The van der Waals surface area contributed by atoms with Crippen molar-refractivity contribution in [2.45, 2.75) is 46.1 Å². The number of amides is 2. The van der Waals surface area contributed by atoms with E-state index in [2.05, 4.69) is 86.1 Å². The molecular formula is C83H71Cl3N24O7S3. The first kappa shape index (κ1) is 81.6. The molecule has 18 rings (SSSR count). The van der Waals surface area contributed by atoms with Gasteiger partial charge in [0.25, 0.3) is 34.1 Å². The number of likely N-dealkylation sites (tertiary alicyclic amines) is 1. The quantitative estimate of drug-likeness (QED) is 0.0481. The standard InChI is InChI=1S/C25H21N7O2S.C24H26ClN7O3.2C17H12ClN5OS/c1-13-12-29-25(35-13)20-19(16-5-8-18-15(11-16)9-10-28-24(18)34)31-22(21(26)30-20)32-23(33)14-3-6-17(27-2)7-4-14;25-17-11-15(10-14-4-3-7-27-19(14)17)20-23(32-8-2-1-5-18(32)34)30-22(26)21(29-20)24(35)28-13-31-9-6-16(33)12-31;1-8-21-7-12(25-8)15-14(23-17(24)16(19)22-15)10-5-9-3-2-4-20-13(9)11(18)6-10;1-8-7-21-17(25-8)14-13(23-16(24)15(19)22-14)10-5-9-3-2-4-20-12(9)11(18)6-10/h3-12,27H,1-2H3,(H2,26,30)(H,28,34)(H,31,32,33);1-2,5,8,10-11,16,27,33H,3-4,6-7,9,12-13H2,(H2,26,30)(H,28,35);2*2-7H,1H3,(H2,19,22)(H,23,24). The summed E-state index contributed by atoms with van der Waals surface area (Å²) in [6.45, 7) is 8.08. The molecule has 1 saturated heterocycles. The van der Waals surface area contributed by atoms with Gasteiger partial charge in [0.2, 0.25) is 0 Å².